The normalized spacial score (nSPS) is 20.8. The number of carbonyl (C=O) groups excluding carboxylic acids is 1. The van der Waals surface area contributed by atoms with Crippen molar-refractivity contribution in [3.05, 3.63) is 59.7 Å². The Morgan fingerprint density at radius 1 is 1.37 bits per heavy atom. The van der Waals surface area contributed by atoms with E-state index in [9.17, 15) is 4.79 Å². The van der Waals surface area contributed by atoms with Crippen molar-refractivity contribution in [2.75, 3.05) is 6.54 Å². The van der Waals surface area contributed by atoms with Crippen LogP contribution in [0.15, 0.2) is 48.4 Å². The van der Waals surface area contributed by atoms with Gasteiger partial charge in [0.2, 0.25) is 5.91 Å². The Hall–Kier alpha value is -2.36. The Bertz CT molecular complexity index is 628. The first-order chi connectivity index (χ1) is 9.24. The minimum Gasteiger partial charge on any atom is -0.351 e. The van der Waals surface area contributed by atoms with Gasteiger partial charge in [0, 0.05) is 25.4 Å². The molecule has 0 radical (unpaired) electrons. The molecule has 1 aliphatic rings. The molecule has 4 heteroatoms. The summed E-state index contributed by atoms with van der Waals surface area (Å²) in [5, 5.41) is 2.89. The molecule has 19 heavy (non-hydrogen) atoms. The minimum absolute atomic E-state index is 0.000457. The molecule has 0 spiro atoms. The van der Waals surface area contributed by atoms with Crippen LogP contribution in [0.5, 0.6) is 0 Å². The highest BCUT2D eigenvalue weighted by atomic mass is 16.2. The summed E-state index contributed by atoms with van der Waals surface area (Å²) in [5.41, 5.74) is 2.75. The fourth-order valence-corrected chi connectivity index (χ4v) is 2.34. The van der Waals surface area contributed by atoms with E-state index < -0.39 is 0 Å². The van der Waals surface area contributed by atoms with Gasteiger partial charge < -0.3 is 9.88 Å². The van der Waals surface area contributed by atoms with Crippen LogP contribution in [0.3, 0.4) is 0 Å². The molecule has 0 aliphatic carbocycles. The molecule has 4 nitrogen and oxygen atoms in total. The summed E-state index contributed by atoms with van der Waals surface area (Å²) in [6.45, 7) is 0.620. The van der Waals surface area contributed by atoms with Crippen molar-refractivity contribution in [1.82, 2.24) is 14.9 Å². The van der Waals surface area contributed by atoms with Crippen LogP contribution in [0, 0.1) is 0 Å². The monoisotopic (exact) mass is 253 g/mol. The third kappa shape index (κ3) is 2.29. The highest BCUT2D eigenvalue weighted by Crippen LogP contribution is 2.28. The summed E-state index contributed by atoms with van der Waals surface area (Å²) in [4.78, 5) is 16.3. The largest absolute Gasteiger partial charge is 0.351 e. The van der Waals surface area contributed by atoms with Crippen molar-refractivity contribution in [3.63, 3.8) is 0 Å². The third-order valence-corrected chi connectivity index (χ3v) is 3.31. The van der Waals surface area contributed by atoms with Crippen molar-refractivity contribution < 1.29 is 4.79 Å². The fourth-order valence-electron chi connectivity index (χ4n) is 2.34. The second-order valence-corrected chi connectivity index (χ2v) is 4.74. The Kier molecular flexibility index (Phi) is 2.91. The van der Waals surface area contributed by atoms with Gasteiger partial charge in [0.25, 0.3) is 0 Å². The van der Waals surface area contributed by atoms with Gasteiger partial charge in [-0.2, -0.15) is 0 Å². The molecule has 1 atom stereocenters. The van der Waals surface area contributed by atoms with Crippen molar-refractivity contribution in [2.24, 2.45) is 7.05 Å². The number of amides is 1. The van der Waals surface area contributed by atoms with Crippen LogP contribution < -0.4 is 5.32 Å². The summed E-state index contributed by atoms with van der Waals surface area (Å²) in [6.07, 6.45) is 5.67. The van der Waals surface area contributed by atoms with Gasteiger partial charge in [-0.05, 0) is 11.6 Å². The molecule has 0 unspecified atom stereocenters. The zero-order valence-corrected chi connectivity index (χ0v) is 10.7. The van der Waals surface area contributed by atoms with E-state index in [0.29, 0.717) is 6.54 Å². The Labute approximate surface area is 111 Å². The molecule has 1 fully saturated rings. The maximum atomic E-state index is 12.0. The molecule has 0 bridgehead atoms. The lowest BCUT2D eigenvalue weighted by atomic mass is 9.97. The zero-order valence-electron chi connectivity index (χ0n) is 10.7. The number of nitrogens with zero attached hydrogens (tertiary/aromatic N) is 2. The number of aromatic nitrogens is 2. The molecule has 2 heterocycles. The highest BCUT2D eigenvalue weighted by molar-refractivity contribution is 6.01. The maximum Gasteiger partial charge on any atom is 0.248 e. The number of carbonyl (C=O) groups is 1. The van der Waals surface area contributed by atoms with Gasteiger partial charge in [0.15, 0.2) is 0 Å². The summed E-state index contributed by atoms with van der Waals surface area (Å²) < 4.78 is 1.90. The Balaban J connectivity index is 1.97. The molecule has 1 saturated heterocycles. The number of aryl methyl sites for hydroxylation is 1. The van der Waals surface area contributed by atoms with Crippen molar-refractivity contribution in [3.8, 4) is 0 Å². The number of hydrogen-bond donors (Lipinski definition) is 1. The molecule has 1 amide bonds. The van der Waals surface area contributed by atoms with E-state index in [-0.39, 0.29) is 11.8 Å². The summed E-state index contributed by atoms with van der Waals surface area (Å²) in [6, 6.07) is 9.89. The first-order valence-electron chi connectivity index (χ1n) is 6.27. The van der Waals surface area contributed by atoms with E-state index in [1.165, 1.54) is 0 Å². The lowest BCUT2D eigenvalue weighted by Crippen LogP contribution is -2.14. The average molecular weight is 253 g/mol. The molecule has 96 valence electrons. The molecule has 1 aromatic heterocycles. The van der Waals surface area contributed by atoms with Crippen LogP contribution in [-0.4, -0.2) is 22.0 Å². The predicted molar refractivity (Wildman–Crippen MR) is 73.4 cm³/mol. The van der Waals surface area contributed by atoms with Crippen molar-refractivity contribution in [1.29, 1.82) is 0 Å². The van der Waals surface area contributed by atoms with Crippen LogP contribution in [0.1, 0.15) is 17.2 Å². The second-order valence-electron chi connectivity index (χ2n) is 4.74. The lowest BCUT2D eigenvalue weighted by molar-refractivity contribution is -0.116. The second kappa shape index (κ2) is 4.72. The van der Waals surface area contributed by atoms with E-state index in [4.69, 9.17) is 0 Å². The van der Waals surface area contributed by atoms with Crippen LogP contribution in [0.25, 0.3) is 6.08 Å². The zero-order chi connectivity index (χ0) is 13.2. The first-order valence-corrected chi connectivity index (χ1v) is 6.27. The Morgan fingerprint density at radius 3 is 2.84 bits per heavy atom. The minimum atomic E-state index is -0.000457. The number of benzene rings is 1. The van der Waals surface area contributed by atoms with E-state index in [2.05, 4.69) is 10.3 Å². The van der Waals surface area contributed by atoms with Crippen LogP contribution in [-0.2, 0) is 11.8 Å². The molecule has 1 aliphatic heterocycles. The molecule has 1 aromatic carbocycles. The van der Waals surface area contributed by atoms with Gasteiger partial charge >= 0.3 is 0 Å². The number of hydrogen-bond acceptors (Lipinski definition) is 2. The number of rotatable bonds is 2. The molecular weight excluding hydrogens is 238 g/mol. The van der Waals surface area contributed by atoms with Gasteiger partial charge in [0.1, 0.15) is 0 Å². The van der Waals surface area contributed by atoms with Crippen molar-refractivity contribution >= 4 is 12.0 Å². The SMILES string of the molecule is Cn1cnc([C@@H]2CNC(=O)C2=Cc2ccccc2)c1. The Morgan fingerprint density at radius 2 is 2.16 bits per heavy atom. The van der Waals surface area contributed by atoms with E-state index in [0.717, 1.165) is 16.8 Å². The highest BCUT2D eigenvalue weighted by Gasteiger charge is 2.30. The summed E-state index contributed by atoms with van der Waals surface area (Å²) in [7, 11) is 1.93. The molecule has 0 saturated carbocycles. The maximum absolute atomic E-state index is 12.0. The van der Waals surface area contributed by atoms with Gasteiger partial charge in [-0.1, -0.05) is 30.3 Å². The van der Waals surface area contributed by atoms with Crippen LogP contribution in [0.4, 0.5) is 0 Å². The topological polar surface area (TPSA) is 46.9 Å². The predicted octanol–water partition coefficient (Wildman–Crippen LogP) is 1.72. The smallest absolute Gasteiger partial charge is 0.248 e. The third-order valence-electron chi connectivity index (χ3n) is 3.31. The van der Waals surface area contributed by atoms with Gasteiger partial charge in [-0.25, -0.2) is 4.98 Å². The molecule has 1 N–H and O–H groups in total. The van der Waals surface area contributed by atoms with Crippen molar-refractivity contribution in [2.45, 2.75) is 5.92 Å². The summed E-state index contributed by atoms with van der Waals surface area (Å²) >= 11 is 0. The van der Waals surface area contributed by atoms with E-state index in [1.807, 2.05) is 54.2 Å². The number of nitrogens with one attached hydrogen (secondary N) is 1. The molecular formula is C15H15N3O. The average Bonchev–Trinajstić information content (AvgIpc) is 2.99. The summed E-state index contributed by atoms with van der Waals surface area (Å²) in [5.74, 6) is 0.0356. The van der Waals surface area contributed by atoms with E-state index in [1.54, 1.807) is 6.33 Å². The standard InChI is InChI=1S/C15H15N3O/c1-18-9-14(17-10-18)13-8-16-15(19)12(13)7-11-5-3-2-4-6-11/h2-7,9-10,13H,8H2,1H3,(H,16,19)/t13-/m1/s1. The van der Waals surface area contributed by atoms with Crippen LogP contribution in [0.2, 0.25) is 0 Å². The van der Waals surface area contributed by atoms with Gasteiger partial charge in [-0.3, -0.25) is 4.79 Å². The van der Waals surface area contributed by atoms with Crippen LogP contribution >= 0.6 is 0 Å². The first kappa shape index (κ1) is 11.7. The number of imidazole rings is 1. The van der Waals surface area contributed by atoms with Gasteiger partial charge in [0.05, 0.1) is 17.9 Å². The molecule has 2 aromatic rings. The van der Waals surface area contributed by atoms with E-state index >= 15 is 0 Å². The lowest BCUT2D eigenvalue weighted by Gasteiger charge is -2.06. The quantitative estimate of drug-likeness (QED) is 0.828. The van der Waals surface area contributed by atoms with Gasteiger partial charge in [-0.15, -0.1) is 0 Å². The molecule has 3 rings (SSSR count). The fraction of sp³-hybridized carbons (Fsp3) is 0.200.